The van der Waals surface area contributed by atoms with Gasteiger partial charge in [0.15, 0.2) is 0 Å². The van der Waals surface area contributed by atoms with Crippen molar-refractivity contribution in [3.05, 3.63) is 65.7 Å². The summed E-state index contributed by atoms with van der Waals surface area (Å²) in [5.41, 5.74) is 7.45. The third kappa shape index (κ3) is 3.61. The van der Waals surface area contributed by atoms with E-state index >= 15 is 0 Å². The minimum Gasteiger partial charge on any atom is -0.475 e. The molecule has 1 atom stereocenters. The highest BCUT2D eigenvalue weighted by Crippen LogP contribution is 2.40. The van der Waals surface area contributed by atoms with E-state index in [1.165, 1.54) is 21.8 Å². The van der Waals surface area contributed by atoms with Gasteiger partial charge in [-0.3, -0.25) is 19.1 Å². The summed E-state index contributed by atoms with van der Waals surface area (Å²) < 4.78 is 48.2. The van der Waals surface area contributed by atoms with Crippen LogP contribution in [0.2, 0.25) is 0 Å². The van der Waals surface area contributed by atoms with E-state index in [1.807, 2.05) is 0 Å². The van der Waals surface area contributed by atoms with Crippen LogP contribution in [0.15, 0.2) is 48.9 Å². The molecule has 0 saturated heterocycles. The van der Waals surface area contributed by atoms with E-state index < -0.39 is 23.8 Å². The second kappa shape index (κ2) is 7.91. The Morgan fingerprint density at radius 2 is 1.92 bits per heavy atom. The molecule has 1 aromatic carbocycles. The predicted molar refractivity (Wildman–Crippen MR) is 128 cm³/mol. The van der Waals surface area contributed by atoms with E-state index in [9.17, 15) is 18.0 Å². The summed E-state index contributed by atoms with van der Waals surface area (Å²) in [4.78, 5) is 23.5. The van der Waals surface area contributed by atoms with Gasteiger partial charge in [-0.1, -0.05) is 0 Å². The van der Waals surface area contributed by atoms with Crippen LogP contribution in [0.3, 0.4) is 0 Å². The van der Waals surface area contributed by atoms with Gasteiger partial charge >= 0.3 is 6.18 Å². The van der Waals surface area contributed by atoms with Crippen molar-refractivity contribution in [1.29, 1.82) is 0 Å². The molecular weight excluding hydrogens is 489 g/mol. The van der Waals surface area contributed by atoms with Crippen molar-refractivity contribution < 1.29 is 22.7 Å². The number of fused-ring (bicyclic) bond motifs is 4. The van der Waals surface area contributed by atoms with Crippen LogP contribution >= 0.6 is 0 Å². The van der Waals surface area contributed by atoms with Gasteiger partial charge in [-0.15, -0.1) is 0 Å². The molecule has 1 aliphatic rings. The number of aryl methyl sites for hydroxylation is 2. The average molecular weight is 508 g/mol. The molecule has 10 nitrogen and oxygen atoms in total. The zero-order chi connectivity index (χ0) is 26.1. The Labute approximate surface area is 207 Å². The number of hydrogen-bond donors (Lipinski definition) is 1. The lowest BCUT2D eigenvalue weighted by Gasteiger charge is -2.27. The number of nitrogens with two attached hydrogens (primary N) is 1. The lowest BCUT2D eigenvalue weighted by molar-refractivity contribution is -0.141. The Morgan fingerprint density at radius 3 is 2.65 bits per heavy atom. The molecule has 2 N–H and O–H groups in total. The van der Waals surface area contributed by atoms with Crippen molar-refractivity contribution in [2.24, 2.45) is 14.1 Å². The molecular formula is C24H19F3N8O2. The standard InChI is InChI=1S/C24H19F3N8O2/c1-33-10-13(8-29-33)35(18-11-37-22-14(18)4-6-19(32-22)24(25,26)27)23(36)12-3-5-17-15(7-12)16-9-30-34(2)20(16)21(28)31-17/h3-10,18H,11H2,1-2H3,(H2,28,31). The molecule has 0 aliphatic carbocycles. The molecule has 1 unspecified atom stereocenters. The molecule has 5 heterocycles. The number of hydrogen-bond acceptors (Lipinski definition) is 7. The van der Waals surface area contributed by atoms with Gasteiger partial charge in [0.05, 0.1) is 23.6 Å². The fourth-order valence-corrected chi connectivity index (χ4v) is 4.65. The average Bonchev–Trinajstić information content (AvgIpc) is 3.58. The smallest absolute Gasteiger partial charge is 0.433 e. The van der Waals surface area contributed by atoms with Crippen molar-refractivity contribution in [2.45, 2.75) is 12.2 Å². The number of nitrogen functional groups attached to an aromatic ring is 1. The zero-order valence-electron chi connectivity index (χ0n) is 19.6. The van der Waals surface area contributed by atoms with Crippen LogP contribution in [0.25, 0.3) is 21.8 Å². The fraction of sp³-hybridized carbons (Fsp3) is 0.208. The number of alkyl halides is 3. The van der Waals surface area contributed by atoms with Crippen molar-refractivity contribution in [1.82, 2.24) is 29.5 Å². The molecule has 0 spiro atoms. The summed E-state index contributed by atoms with van der Waals surface area (Å²) in [6, 6.07) is 6.50. The van der Waals surface area contributed by atoms with Crippen molar-refractivity contribution in [3.63, 3.8) is 0 Å². The molecule has 5 aromatic rings. The molecule has 0 saturated carbocycles. The van der Waals surface area contributed by atoms with Gasteiger partial charge < -0.3 is 10.5 Å². The minimum absolute atomic E-state index is 0.0667. The summed E-state index contributed by atoms with van der Waals surface area (Å²) in [6.45, 7) is -0.0667. The number of rotatable bonds is 3. The molecule has 1 amide bonds. The van der Waals surface area contributed by atoms with Crippen LogP contribution < -0.4 is 15.4 Å². The number of amides is 1. The summed E-state index contributed by atoms with van der Waals surface area (Å²) >= 11 is 0. The number of carbonyl (C=O) groups is 1. The number of halogens is 3. The van der Waals surface area contributed by atoms with Crippen LogP contribution in [0.4, 0.5) is 24.7 Å². The fourth-order valence-electron chi connectivity index (χ4n) is 4.65. The van der Waals surface area contributed by atoms with E-state index in [-0.39, 0.29) is 12.5 Å². The molecule has 1 aliphatic heterocycles. The van der Waals surface area contributed by atoms with Crippen LogP contribution in [-0.4, -0.2) is 42.0 Å². The molecule has 6 rings (SSSR count). The Balaban J connectivity index is 1.47. The van der Waals surface area contributed by atoms with Crippen molar-refractivity contribution >= 4 is 39.2 Å². The second-order valence-corrected chi connectivity index (χ2v) is 8.72. The van der Waals surface area contributed by atoms with Crippen LogP contribution in [0, 0.1) is 0 Å². The monoisotopic (exact) mass is 508 g/mol. The molecule has 0 radical (unpaired) electrons. The lowest BCUT2D eigenvalue weighted by Crippen LogP contribution is -2.35. The van der Waals surface area contributed by atoms with Gasteiger partial charge in [-0.2, -0.15) is 23.4 Å². The molecule has 4 aromatic heterocycles. The predicted octanol–water partition coefficient (Wildman–Crippen LogP) is 3.63. The Kier molecular flexibility index (Phi) is 4.87. The van der Waals surface area contributed by atoms with E-state index in [4.69, 9.17) is 10.5 Å². The number of pyridine rings is 2. The first kappa shape index (κ1) is 22.8. The summed E-state index contributed by atoms with van der Waals surface area (Å²) in [7, 11) is 3.45. The molecule has 0 bridgehead atoms. The quantitative estimate of drug-likeness (QED) is 0.396. The van der Waals surface area contributed by atoms with Gasteiger partial charge in [-0.25, -0.2) is 9.97 Å². The van der Waals surface area contributed by atoms with Crippen LogP contribution in [0.1, 0.15) is 27.7 Å². The van der Waals surface area contributed by atoms with E-state index in [0.29, 0.717) is 39.1 Å². The highest BCUT2D eigenvalue weighted by Gasteiger charge is 2.39. The largest absolute Gasteiger partial charge is 0.475 e. The lowest BCUT2D eigenvalue weighted by atomic mass is 10.0. The SMILES string of the molecule is Cn1cc(N(C(=O)c2ccc3nc(N)c4c(cnn4C)c3c2)C2COc3nc(C(F)(F)F)ccc32)cn1. The first-order chi connectivity index (χ1) is 17.6. The number of carbonyl (C=O) groups excluding carboxylic acids is 1. The molecule has 188 valence electrons. The maximum Gasteiger partial charge on any atom is 0.433 e. The normalized spacial score (nSPS) is 15.2. The van der Waals surface area contributed by atoms with E-state index in [1.54, 1.807) is 49.4 Å². The Bertz CT molecular complexity index is 1710. The van der Waals surface area contributed by atoms with Crippen molar-refractivity contribution in [3.8, 4) is 5.88 Å². The summed E-state index contributed by atoms with van der Waals surface area (Å²) in [5, 5.41) is 9.87. The van der Waals surface area contributed by atoms with E-state index in [0.717, 1.165) is 11.5 Å². The van der Waals surface area contributed by atoms with Crippen LogP contribution in [-0.2, 0) is 20.3 Å². The number of benzene rings is 1. The number of anilines is 2. The Hall–Kier alpha value is -4.68. The van der Waals surface area contributed by atoms with Crippen molar-refractivity contribution in [2.75, 3.05) is 17.2 Å². The molecule has 37 heavy (non-hydrogen) atoms. The number of ether oxygens (including phenoxy) is 1. The minimum atomic E-state index is -4.62. The topological polar surface area (TPSA) is 117 Å². The Morgan fingerprint density at radius 1 is 1.11 bits per heavy atom. The zero-order valence-corrected chi connectivity index (χ0v) is 19.6. The summed E-state index contributed by atoms with van der Waals surface area (Å²) in [6.07, 6.45) is 0.204. The van der Waals surface area contributed by atoms with E-state index in [2.05, 4.69) is 20.2 Å². The second-order valence-electron chi connectivity index (χ2n) is 8.72. The maximum atomic E-state index is 14.0. The molecule has 13 heteroatoms. The third-order valence-electron chi connectivity index (χ3n) is 6.37. The highest BCUT2D eigenvalue weighted by molar-refractivity contribution is 6.13. The number of nitrogens with zero attached hydrogens (tertiary/aromatic N) is 7. The van der Waals surface area contributed by atoms with Gasteiger partial charge in [0.25, 0.3) is 5.91 Å². The summed E-state index contributed by atoms with van der Waals surface area (Å²) in [5.74, 6) is -0.231. The van der Waals surface area contributed by atoms with Gasteiger partial charge in [0.2, 0.25) is 5.88 Å². The first-order valence-electron chi connectivity index (χ1n) is 11.2. The van der Waals surface area contributed by atoms with Crippen LogP contribution in [0.5, 0.6) is 5.88 Å². The van der Waals surface area contributed by atoms with Gasteiger partial charge in [0, 0.05) is 42.2 Å². The number of aromatic nitrogens is 6. The van der Waals surface area contributed by atoms with Gasteiger partial charge in [0.1, 0.15) is 29.7 Å². The van der Waals surface area contributed by atoms with Gasteiger partial charge in [-0.05, 0) is 30.3 Å². The molecule has 0 fully saturated rings. The third-order valence-corrected chi connectivity index (χ3v) is 6.37. The maximum absolute atomic E-state index is 14.0. The highest BCUT2D eigenvalue weighted by atomic mass is 19.4. The first-order valence-corrected chi connectivity index (χ1v) is 11.2.